The molecule has 6 heteroatoms. The van der Waals surface area contributed by atoms with Crippen LogP contribution in [0.4, 0.5) is 5.69 Å². The van der Waals surface area contributed by atoms with Gasteiger partial charge in [0, 0.05) is 10.6 Å². The van der Waals surface area contributed by atoms with Gasteiger partial charge >= 0.3 is 0 Å². The number of hydrogen-bond acceptors (Lipinski definition) is 3. The molecule has 1 fully saturated rings. The van der Waals surface area contributed by atoms with Crippen LogP contribution in [-0.4, -0.2) is 28.7 Å². The molecule has 1 aliphatic rings. The van der Waals surface area contributed by atoms with Crippen LogP contribution >= 0.6 is 11.6 Å². The van der Waals surface area contributed by atoms with Gasteiger partial charge in [0.25, 0.3) is 11.8 Å². The quantitative estimate of drug-likeness (QED) is 0.507. The lowest BCUT2D eigenvalue weighted by Gasteiger charge is -2.34. The van der Waals surface area contributed by atoms with Gasteiger partial charge in [0.1, 0.15) is 6.04 Å². The van der Waals surface area contributed by atoms with Crippen molar-refractivity contribution in [3.05, 3.63) is 101 Å². The molecule has 4 rings (SSSR count). The van der Waals surface area contributed by atoms with Gasteiger partial charge in [-0.05, 0) is 55.3 Å². The van der Waals surface area contributed by atoms with Crippen molar-refractivity contribution in [2.45, 2.75) is 32.4 Å². The first-order valence-corrected chi connectivity index (χ1v) is 10.8. The molecule has 2 atom stereocenters. The summed E-state index contributed by atoms with van der Waals surface area (Å²) in [6, 6.07) is 22.0. The van der Waals surface area contributed by atoms with E-state index in [9.17, 15) is 14.4 Å². The number of aryl methyl sites for hydroxylation is 1. The van der Waals surface area contributed by atoms with Crippen LogP contribution in [0.15, 0.2) is 78.9 Å². The third-order valence-electron chi connectivity index (χ3n) is 5.85. The smallest absolute Gasteiger partial charge is 0.257 e. The van der Waals surface area contributed by atoms with Crippen LogP contribution < -0.4 is 4.90 Å². The molecular weight excluding hydrogens is 424 g/mol. The standard InChI is InChI=1S/C26H23ClN2O3/c1-17-8-6-7-11-22(17)25(31)28(18(2)19-9-4-3-5-10-19)23-16-24(30)29(26(23)32)21-14-12-20(27)13-15-21/h3-15,18,23H,16H2,1-2H3. The Bertz CT molecular complexity index is 1160. The van der Waals surface area contributed by atoms with E-state index in [4.69, 9.17) is 11.6 Å². The van der Waals surface area contributed by atoms with E-state index in [2.05, 4.69) is 0 Å². The molecule has 32 heavy (non-hydrogen) atoms. The second-order valence-electron chi connectivity index (χ2n) is 7.88. The number of amides is 3. The van der Waals surface area contributed by atoms with E-state index in [-0.39, 0.29) is 18.2 Å². The topological polar surface area (TPSA) is 57.7 Å². The van der Waals surface area contributed by atoms with Crippen LogP contribution in [0.25, 0.3) is 0 Å². The minimum absolute atomic E-state index is 0.0732. The highest BCUT2D eigenvalue weighted by Crippen LogP contribution is 2.33. The molecule has 1 heterocycles. The number of carbonyl (C=O) groups excluding carboxylic acids is 3. The van der Waals surface area contributed by atoms with Crippen LogP contribution in [0.1, 0.15) is 40.9 Å². The largest absolute Gasteiger partial charge is 0.319 e. The maximum atomic E-state index is 13.7. The first-order chi connectivity index (χ1) is 15.4. The summed E-state index contributed by atoms with van der Waals surface area (Å²) in [6.07, 6.45) is -0.0732. The van der Waals surface area contributed by atoms with Crippen LogP contribution in [-0.2, 0) is 9.59 Å². The minimum Gasteiger partial charge on any atom is -0.319 e. The highest BCUT2D eigenvalue weighted by molar-refractivity contribution is 6.31. The van der Waals surface area contributed by atoms with Crippen molar-refractivity contribution in [2.75, 3.05) is 4.90 Å². The summed E-state index contributed by atoms with van der Waals surface area (Å²) in [5, 5.41) is 0.512. The summed E-state index contributed by atoms with van der Waals surface area (Å²) >= 11 is 5.96. The van der Waals surface area contributed by atoms with Gasteiger partial charge in [0.15, 0.2) is 0 Å². The Morgan fingerprint density at radius 1 is 0.969 bits per heavy atom. The Labute approximate surface area is 192 Å². The predicted octanol–water partition coefficient (Wildman–Crippen LogP) is 5.18. The summed E-state index contributed by atoms with van der Waals surface area (Å²) in [5.41, 5.74) is 2.66. The SMILES string of the molecule is Cc1ccccc1C(=O)N(C1CC(=O)N(c2ccc(Cl)cc2)C1=O)C(C)c1ccccc1. The zero-order chi connectivity index (χ0) is 22.8. The fourth-order valence-corrected chi connectivity index (χ4v) is 4.25. The van der Waals surface area contributed by atoms with E-state index < -0.39 is 18.0 Å². The van der Waals surface area contributed by atoms with Crippen molar-refractivity contribution in [1.82, 2.24) is 4.90 Å². The Morgan fingerprint density at radius 3 is 2.25 bits per heavy atom. The third kappa shape index (κ3) is 4.04. The minimum atomic E-state index is -0.902. The number of imide groups is 1. The second-order valence-corrected chi connectivity index (χ2v) is 8.31. The lowest BCUT2D eigenvalue weighted by Crippen LogP contribution is -2.47. The number of anilines is 1. The van der Waals surface area contributed by atoms with Crippen molar-refractivity contribution < 1.29 is 14.4 Å². The Hall–Kier alpha value is -3.44. The number of hydrogen-bond donors (Lipinski definition) is 0. The molecule has 162 valence electrons. The highest BCUT2D eigenvalue weighted by Gasteiger charge is 2.46. The van der Waals surface area contributed by atoms with Gasteiger partial charge in [-0.3, -0.25) is 14.4 Å². The first-order valence-electron chi connectivity index (χ1n) is 10.4. The fraction of sp³-hybridized carbons (Fsp3) is 0.192. The molecule has 0 saturated carbocycles. The summed E-state index contributed by atoms with van der Waals surface area (Å²) in [5.74, 6) is -1.03. The first kappa shape index (κ1) is 21.8. The summed E-state index contributed by atoms with van der Waals surface area (Å²) in [4.78, 5) is 42.8. The monoisotopic (exact) mass is 446 g/mol. The highest BCUT2D eigenvalue weighted by atomic mass is 35.5. The third-order valence-corrected chi connectivity index (χ3v) is 6.10. The molecule has 3 amide bonds. The second kappa shape index (κ2) is 8.97. The number of carbonyl (C=O) groups is 3. The molecule has 0 aliphatic carbocycles. The van der Waals surface area contributed by atoms with Gasteiger partial charge in [-0.1, -0.05) is 60.1 Å². The van der Waals surface area contributed by atoms with Crippen LogP contribution in [0.2, 0.25) is 5.02 Å². The lowest BCUT2D eigenvalue weighted by molar-refractivity contribution is -0.122. The van der Waals surface area contributed by atoms with E-state index >= 15 is 0 Å². The summed E-state index contributed by atoms with van der Waals surface area (Å²) < 4.78 is 0. The number of nitrogens with zero attached hydrogens (tertiary/aromatic N) is 2. The van der Waals surface area contributed by atoms with Crippen molar-refractivity contribution in [1.29, 1.82) is 0 Å². The van der Waals surface area contributed by atoms with Crippen molar-refractivity contribution in [3.63, 3.8) is 0 Å². The van der Waals surface area contributed by atoms with Crippen LogP contribution in [0, 0.1) is 6.92 Å². The maximum Gasteiger partial charge on any atom is 0.257 e. The molecule has 0 aromatic heterocycles. The lowest BCUT2D eigenvalue weighted by atomic mass is 10.0. The van der Waals surface area contributed by atoms with Gasteiger partial charge in [0.2, 0.25) is 5.91 Å². The van der Waals surface area contributed by atoms with E-state index in [0.29, 0.717) is 16.3 Å². The van der Waals surface area contributed by atoms with Crippen LogP contribution in [0.5, 0.6) is 0 Å². The molecule has 0 bridgehead atoms. The molecule has 1 aliphatic heterocycles. The van der Waals surface area contributed by atoms with E-state index in [1.165, 1.54) is 0 Å². The molecule has 0 N–H and O–H groups in total. The van der Waals surface area contributed by atoms with Gasteiger partial charge in [-0.25, -0.2) is 4.90 Å². The summed E-state index contributed by atoms with van der Waals surface area (Å²) in [7, 11) is 0. The van der Waals surface area contributed by atoms with Gasteiger partial charge < -0.3 is 4.90 Å². The molecule has 5 nitrogen and oxygen atoms in total. The number of halogens is 1. The number of rotatable bonds is 5. The molecule has 3 aromatic carbocycles. The Kier molecular flexibility index (Phi) is 6.10. The van der Waals surface area contributed by atoms with E-state index in [0.717, 1.165) is 16.0 Å². The Balaban J connectivity index is 1.75. The van der Waals surface area contributed by atoms with Gasteiger partial charge in [0.05, 0.1) is 18.2 Å². The normalized spacial score (nSPS) is 16.8. The number of benzene rings is 3. The average molecular weight is 447 g/mol. The van der Waals surface area contributed by atoms with E-state index in [1.807, 2.05) is 56.3 Å². The van der Waals surface area contributed by atoms with Gasteiger partial charge in [-0.2, -0.15) is 0 Å². The van der Waals surface area contributed by atoms with E-state index in [1.54, 1.807) is 41.3 Å². The predicted molar refractivity (Wildman–Crippen MR) is 125 cm³/mol. The Morgan fingerprint density at radius 2 is 1.59 bits per heavy atom. The molecule has 2 unspecified atom stereocenters. The summed E-state index contributed by atoms with van der Waals surface area (Å²) in [6.45, 7) is 3.74. The van der Waals surface area contributed by atoms with Crippen LogP contribution in [0.3, 0.4) is 0 Å². The molecule has 0 radical (unpaired) electrons. The fourth-order valence-electron chi connectivity index (χ4n) is 4.13. The molecule has 1 saturated heterocycles. The molecular formula is C26H23ClN2O3. The zero-order valence-corrected chi connectivity index (χ0v) is 18.6. The van der Waals surface area contributed by atoms with Crippen molar-refractivity contribution in [3.8, 4) is 0 Å². The van der Waals surface area contributed by atoms with Gasteiger partial charge in [-0.15, -0.1) is 0 Å². The maximum absolute atomic E-state index is 13.7. The molecule has 3 aromatic rings. The van der Waals surface area contributed by atoms with Crippen molar-refractivity contribution >= 4 is 35.0 Å². The molecule has 0 spiro atoms. The zero-order valence-electron chi connectivity index (χ0n) is 17.9. The average Bonchev–Trinajstić information content (AvgIpc) is 3.09. The van der Waals surface area contributed by atoms with Crippen molar-refractivity contribution in [2.24, 2.45) is 0 Å².